The van der Waals surface area contributed by atoms with Gasteiger partial charge >= 0.3 is 5.97 Å². The van der Waals surface area contributed by atoms with Crippen LogP contribution < -0.4 is 5.32 Å². The van der Waals surface area contributed by atoms with E-state index in [2.05, 4.69) is 10.3 Å². The fourth-order valence-corrected chi connectivity index (χ4v) is 2.12. The average Bonchev–Trinajstić information content (AvgIpc) is 2.68. The molecule has 0 saturated heterocycles. The summed E-state index contributed by atoms with van der Waals surface area (Å²) in [6.45, 7) is 2.08. The van der Waals surface area contributed by atoms with Gasteiger partial charge in [-0.1, -0.05) is 0 Å². The van der Waals surface area contributed by atoms with Crippen molar-refractivity contribution >= 4 is 17.3 Å². The molecule has 0 spiro atoms. The second-order valence-corrected chi connectivity index (χ2v) is 4.37. The molecule has 1 aromatic rings. The Balaban J connectivity index is 2.61. The van der Waals surface area contributed by atoms with E-state index in [1.165, 1.54) is 18.4 Å². The lowest BCUT2D eigenvalue weighted by Gasteiger charge is -2.00. The summed E-state index contributed by atoms with van der Waals surface area (Å²) >= 11 is 1.17. The second kappa shape index (κ2) is 7.33. The van der Waals surface area contributed by atoms with Crippen molar-refractivity contribution in [1.82, 2.24) is 10.3 Å². The third-order valence-electron chi connectivity index (χ3n) is 1.98. The predicted octanol–water partition coefficient (Wildman–Crippen LogP) is 0.724. The van der Waals surface area contributed by atoms with E-state index in [4.69, 9.17) is 14.6 Å². The van der Waals surface area contributed by atoms with Crippen LogP contribution in [0.15, 0.2) is 0 Å². The minimum Gasteiger partial charge on any atom is -0.477 e. The van der Waals surface area contributed by atoms with Gasteiger partial charge in [-0.3, -0.25) is 0 Å². The summed E-state index contributed by atoms with van der Waals surface area (Å²) in [5.74, 6) is -0.960. The summed E-state index contributed by atoms with van der Waals surface area (Å²) in [6, 6.07) is 0. The zero-order valence-electron chi connectivity index (χ0n) is 9.86. The van der Waals surface area contributed by atoms with E-state index < -0.39 is 5.97 Å². The highest BCUT2D eigenvalue weighted by Gasteiger charge is 2.16. The Morgan fingerprint density at radius 3 is 2.82 bits per heavy atom. The van der Waals surface area contributed by atoms with Gasteiger partial charge in [0.1, 0.15) is 9.88 Å². The molecule has 0 aliphatic carbocycles. The van der Waals surface area contributed by atoms with E-state index in [9.17, 15) is 4.79 Å². The number of ether oxygens (including phenoxy) is 2. The molecule has 0 radical (unpaired) electrons. The van der Waals surface area contributed by atoms with Crippen molar-refractivity contribution in [1.29, 1.82) is 0 Å². The number of nitrogens with one attached hydrogen (secondary N) is 1. The van der Waals surface area contributed by atoms with Gasteiger partial charge in [0.15, 0.2) is 0 Å². The van der Waals surface area contributed by atoms with Crippen LogP contribution in [0.1, 0.15) is 20.4 Å². The highest BCUT2D eigenvalue weighted by molar-refractivity contribution is 7.13. The first-order valence-electron chi connectivity index (χ1n) is 5.09. The SMILES string of the molecule is COCCNCc1nc(COC)c(C(=O)O)s1. The monoisotopic (exact) mass is 260 g/mol. The van der Waals surface area contributed by atoms with Crippen LogP contribution in [0.2, 0.25) is 0 Å². The van der Waals surface area contributed by atoms with E-state index in [1.54, 1.807) is 7.11 Å². The number of thiazole rings is 1. The van der Waals surface area contributed by atoms with Gasteiger partial charge in [-0.2, -0.15) is 0 Å². The van der Waals surface area contributed by atoms with Gasteiger partial charge in [-0.05, 0) is 0 Å². The smallest absolute Gasteiger partial charge is 0.347 e. The summed E-state index contributed by atoms with van der Waals surface area (Å²) in [7, 11) is 3.14. The zero-order valence-corrected chi connectivity index (χ0v) is 10.7. The molecule has 0 aromatic carbocycles. The summed E-state index contributed by atoms with van der Waals surface area (Å²) < 4.78 is 9.81. The molecule has 0 unspecified atom stereocenters. The number of carboxylic acids is 1. The molecule has 1 rings (SSSR count). The number of methoxy groups -OCH3 is 2. The summed E-state index contributed by atoms with van der Waals surface area (Å²) in [4.78, 5) is 15.4. The Kier molecular flexibility index (Phi) is 6.06. The number of rotatable bonds is 8. The summed E-state index contributed by atoms with van der Waals surface area (Å²) in [5, 5.41) is 12.8. The molecule has 0 amide bonds. The van der Waals surface area contributed by atoms with E-state index in [1.807, 2.05) is 0 Å². The lowest BCUT2D eigenvalue weighted by atomic mass is 10.4. The topological polar surface area (TPSA) is 80.7 Å². The molecule has 7 heteroatoms. The van der Waals surface area contributed by atoms with Gasteiger partial charge < -0.3 is 19.9 Å². The molecule has 0 atom stereocenters. The Hall–Kier alpha value is -1.02. The molecule has 96 valence electrons. The first-order valence-corrected chi connectivity index (χ1v) is 5.91. The van der Waals surface area contributed by atoms with Gasteiger partial charge in [-0.25, -0.2) is 9.78 Å². The van der Waals surface area contributed by atoms with E-state index in [-0.39, 0.29) is 11.5 Å². The van der Waals surface area contributed by atoms with Crippen molar-refractivity contribution in [2.75, 3.05) is 27.4 Å². The van der Waals surface area contributed by atoms with Crippen LogP contribution in [0.5, 0.6) is 0 Å². The van der Waals surface area contributed by atoms with Gasteiger partial charge in [0, 0.05) is 27.3 Å². The van der Waals surface area contributed by atoms with E-state index in [0.717, 1.165) is 5.01 Å². The third kappa shape index (κ3) is 4.39. The van der Waals surface area contributed by atoms with Crippen LogP contribution in [0, 0.1) is 0 Å². The second-order valence-electron chi connectivity index (χ2n) is 3.29. The van der Waals surface area contributed by atoms with E-state index >= 15 is 0 Å². The van der Waals surface area contributed by atoms with Crippen LogP contribution in [0.4, 0.5) is 0 Å². The number of hydrogen-bond donors (Lipinski definition) is 2. The van der Waals surface area contributed by atoms with Crippen LogP contribution in [-0.2, 0) is 22.6 Å². The lowest BCUT2D eigenvalue weighted by Crippen LogP contribution is -2.18. The normalized spacial score (nSPS) is 10.7. The quantitative estimate of drug-likeness (QED) is 0.670. The predicted molar refractivity (Wildman–Crippen MR) is 63.4 cm³/mol. The third-order valence-corrected chi connectivity index (χ3v) is 3.06. The first kappa shape index (κ1) is 14.0. The molecule has 1 heterocycles. The highest BCUT2D eigenvalue weighted by atomic mass is 32.1. The maximum absolute atomic E-state index is 11.0. The van der Waals surface area contributed by atoms with Crippen molar-refractivity contribution in [3.05, 3.63) is 15.6 Å². The van der Waals surface area contributed by atoms with Crippen LogP contribution in [0.3, 0.4) is 0 Å². The summed E-state index contributed by atoms with van der Waals surface area (Å²) in [5.41, 5.74) is 0.480. The van der Waals surface area contributed by atoms with E-state index in [0.29, 0.717) is 25.4 Å². The molecule has 1 aromatic heterocycles. The van der Waals surface area contributed by atoms with Gasteiger partial charge in [0.05, 0.1) is 18.9 Å². The fourth-order valence-electron chi connectivity index (χ4n) is 1.25. The molecular weight excluding hydrogens is 244 g/mol. The molecule has 0 aliphatic rings. The molecule has 0 saturated carbocycles. The van der Waals surface area contributed by atoms with Crippen LogP contribution in [0.25, 0.3) is 0 Å². The Morgan fingerprint density at radius 1 is 1.47 bits per heavy atom. The molecule has 17 heavy (non-hydrogen) atoms. The number of aromatic carboxylic acids is 1. The largest absolute Gasteiger partial charge is 0.477 e. The van der Waals surface area contributed by atoms with Crippen molar-refractivity contribution < 1.29 is 19.4 Å². The maximum Gasteiger partial charge on any atom is 0.347 e. The standard InChI is InChI=1S/C10H16N2O4S/c1-15-4-3-11-5-8-12-7(6-16-2)9(17-8)10(13)14/h11H,3-6H2,1-2H3,(H,13,14). The number of carboxylic acid groups (broad SMARTS) is 1. The molecule has 0 fully saturated rings. The van der Waals surface area contributed by atoms with Gasteiger partial charge in [0.25, 0.3) is 0 Å². The van der Waals surface area contributed by atoms with Gasteiger partial charge in [-0.15, -0.1) is 11.3 Å². The number of nitrogens with zero attached hydrogens (tertiary/aromatic N) is 1. The maximum atomic E-state index is 11.0. The lowest BCUT2D eigenvalue weighted by molar-refractivity contribution is 0.0697. The molecular formula is C10H16N2O4S. The van der Waals surface area contributed by atoms with Crippen molar-refractivity contribution in [2.24, 2.45) is 0 Å². The fraction of sp³-hybridized carbons (Fsp3) is 0.600. The zero-order chi connectivity index (χ0) is 12.7. The van der Waals surface area contributed by atoms with Crippen molar-refractivity contribution in [2.45, 2.75) is 13.2 Å². The van der Waals surface area contributed by atoms with Crippen LogP contribution in [-0.4, -0.2) is 43.4 Å². The Bertz CT molecular complexity index is 367. The molecule has 0 bridgehead atoms. The van der Waals surface area contributed by atoms with Crippen LogP contribution >= 0.6 is 11.3 Å². The number of aromatic nitrogens is 1. The number of carbonyl (C=O) groups is 1. The Labute approximate surface area is 104 Å². The van der Waals surface area contributed by atoms with Gasteiger partial charge in [0.2, 0.25) is 0 Å². The number of hydrogen-bond acceptors (Lipinski definition) is 6. The molecule has 0 aliphatic heterocycles. The minimum atomic E-state index is -0.960. The first-order chi connectivity index (χ1) is 8.19. The molecule has 2 N–H and O–H groups in total. The average molecular weight is 260 g/mol. The highest BCUT2D eigenvalue weighted by Crippen LogP contribution is 2.19. The summed E-state index contributed by atoms with van der Waals surface area (Å²) in [6.07, 6.45) is 0. The minimum absolute atomic E-state index is 0.218. The Morgan fingerprint density at radius 2 is 2.24 bits per heavy atom. The van der Waals surface area contributed by atoms with Crippen molar-refractivity contribution in [3.63, 3.8) is 0 Å². The van der Waals surface area contributed by atoms with Crippen molar-refractivity contribution in [3.8, 4) is 0 Å². The molecule has 6 nitrogen and oxygen atoms in total.